The summed E-state index contributed by atoms with van der Waals surface area (Å²) in [5.74, 6) is 0.505. The predicted octanol–water partition coefficient (Wildman–Crippen LogP) is 2.67. The summed E-state index contributed by atoms with van der Waals surface area (Å²) in [6.45, 7) is 2.72. The van der Waals surface area contributed by atoms with Crippen LogP contribution >= 0.6 is 0 Å². The monoisotopic (exact) mass is 361 g/mol. The van der Waals surface area contributed by atoms with Crippen LogP contribution in [0, 0.1) is 11.8 Å². The van der Waals surface area contributed by atoms with Crippen molar-refractivity contribution >= 4 is 17.8 Å². The number of piperidine rings is 1. The van der Waals surface area contributed by atoms with Gasteiger partial charge >= 0.3 is 6.03 Å². The lowest BCUT2D eigenvalue weighted by molar-refractivity contribution is -0.144. The van der Waals surface area contributed by atoms with E-state index in [-0.39, 0.29) is 30.3 Å². The quantitative estimate of drug-likeness (QED) is 0.769. The van der Waals surface area contributed by atoms with Gasteiger partial charge in [-0.15, -0.1) is 0 Å². The summed E-state index contributed by atoms with van der Waals surface area (Å²) in [6.07, 6.45) is 10.6. The molecule has 0 aromatic heterocycles. The summed E-state index contributed by atoms with van der Waals surface area (Å²) in [6, 6.07) is -0.0670. The lowest BCUT2D eigenvalue weighted by Crippen LogP contribution is -2.55. The first-order valence-electron chi connectivity index (χ1n) is 10.5. The van der Waals surface area contributed by atoms with Crippen LogP contribution in [0.1, 0.15) is 71.1 Å². The summed E-state index contributed by atoms with van der Waals surface area (Å²) < 4.78 is 0. The first-order valence-corrected chi connectivity index (χ1v) is 10.5. The van der Waals surface area contributed by atoms with Gasteiger partial charge < -0.3 is 10.2 Å². The van der Waals surface area contributed by atoms with Gasteiger partial charge in [0.2, 0.25) is 5.91 Å². The molecule has 2 aliphatic carbocycles. The first-order chi connectivity index (χ1) is 12.5. The average Bonchev–Trinajstić information content (AvgIpc) is 2.88. The fourth-order valence-electron chi connectivity index (χ4n) is 5.80. The molecule has 4 atom stereocenters. The highest BCUT2D eigenvalue weighted by Crippen LogP contribution is 2.39. The topological polar surface area (TPSA) is 69.7 Å². The van der Waals surface area contributed by atoms with E-state index in [0.29, 0.717) is 18.4 Å². The Morgan fingerprint density at radius 1 is 1.08 bits per heavy atom. The Balaban J connectivity index is 1.47. The highest BCUT2D eigenvalue weighted by Gasteiger charge is 2.55. The molecular weight excluding hydrogens is 330 g/mol. The Labute approximate surface area is 155 Å². The zero-order valence-electron chi connectivity index (χ0n) is 15.8. The molecule has 4 rings (SSSR count). The van der Waals surface area contributed by atoms with E-state index in [2.05, 4.69) is 5.32 Å². The number of carbonyl (C=O) groups is 3. The summed E-state index contributed by atoms with van der Waals surface area (Å²) in [7, 11) is 0. The number of hydrogen-bond donors (Lipinski definition) is 1. The Kier molecular flexibility index (Phi) is 4.70. The summed E-state index contributed by atoms with van der Waals surface area (Å²) in [4.78, 5) is 41.8. The third-order valence-electron chi connectivity index (χ3n) is 7.36. The molecular formula is C20H31N3O3. The van der Waals surface area contributed by atoms with Gasteiger partial charge in [-0.25, -0.2) is 4.79 Å². The SMILES string of the molecule is CC1CCCCC12NC(=O)N(CC(=O)N1CCCC3CCCCC31)C2=O. The maximum Gasteiger partial charge on any atom is 0.325 e. The number of fused-ring (bicyclic) bond motifs is 1. The van der Waals surface area contributed by atoms with Gasteiger partial charge in [0.25, 0.3) is 5.91 Å². The van der Waals surface area contributed by atoms with Crippen molar-refractivity contribution in [1.29, 1.82) is 0 Å². The summed E-state index contributed by atoms with van der Waals surface area (Å²) in [5, 5.41) is 2.95. The number of amides is 4. The third kappa shape index (κ3) is 2.81. The Morgan fingerprint density at radius 3 is 2.62 bits per heavy atom. The number of likely N-dealkylation sites (tertiary alicyclic amines) is 1. The van der Waals surface area contributed by atoms with Crippen molar-refractivity contribution in [2.24, 2.45) is 11.8 Å². The lowest BCUT2D eigenvalue weighted by Gasteiger charge is -2.44. The zero-order chi connectivity index (χ0) is 18.3. The molecule has 0 radical (unpaired) electrons. The molecule has 2 aliphatic heterocycles. The molecule has 6 nitrogen and oxygen atoms in total. The van der Waals surface area contributed by atoms with Crippen LogP contribution in [0.3, 0.4) is 0 Å². The Morgan fingerprint density at radius 2 is 1.81 bits per heavy atom. The van der Waals surface area contributed by atoms with E-state index in [0.717, 1.165) is 38.6 Å². The molecule has 2 saturated heterocycles. The van der Waals surface area contributed by atoms with Gasteiger partial charge in [0, 0.05) is 12.6 Å². The van der Waals surface area contributed by atoms with E-state index in [9.17, 15) is 14.4 Å². The van der Waals surface area contributed by atoms with Crippen molar-refractivity contribution in [2.75, 3.05) is 13.1 Å². The lowest BCUT2D eigenvalue weighted by atomic mass is 9.73. The second-order valence-corrected chi connectivity index (χ2v) is 8.78. The van der Waals surface area contributed by atoms with E-state index in [1.165, 1.54) is 30.6 Å². The molecule has 0 bridgehead atoms. The fraction of sp³-hybridized carbons (Fsp3) is 0.850. The number of nitrogens with zero attached hydrogens (tertiary/aromatic N) is 2. The molecule has 0 aromatic carbocycles. The van der Waals surface area contributed by atoms with Crippen molar-refractivity contribution in [3.8, 4) is 0 Å². The van der Waals surface area contributed by atoms with Crippen LogP contribution in [0.5, 0.6) is 0 Å². The molecule has 0 aromatic rings. The largest absolute Gasteiger partial charge is 0.338 e. The second-order valence-electron chi connectivity index (χ2n) is 8.78. The van der Waals surface area contributed by atoms with Crippen LogP contribution in [-0.2, 0) is 9.59 Å². The van der Waals surface area contributed by atoms with Gasteiger partial charge in [-0.1, -0.05) is 32.6 Å². The van der Waals surface area contributed by atoms with Crippen LogP contribution in [0.4, 0.5) is 4.79 Å². The maximum atomic E-state index is 13.1. The molecule has 2 heterocycles. The molecule has 26 heavy (non-hydrogen) atoms. The maximum absolute atomic E-state index is 13.1. The van der Waals surface area contributed by atoms with Crippen molar-refractivity contribution in [1.82, 2.24) is 15.1 Å². The predicted molar refractivity (Wildman–Crippen MR) is 97.3 cm³/mol. The van der Waals surface area contributed by atoms with Crippen molar-refractivity contribution in [3.63, 3.8) is 0 Å². The van der Waals surface area contributed by atoms with E-state index < -0.39 is 5.54 Å². The smallest absolute Gasteiger partial charge is 0.325 e. The van der Waals surface area contributed by atoms with Gasteiger partial charge in [0.1, 0.15) is 12.1 Å². The minimum atomic E-state index is -0.773. The number of rotatable bonds is 2. The molecule has 2 saturated carbocycles. The average molecular weight is 361 g/mol. The number of nitrogens with one attached hydrogen (secondary N) is 1. The Hall–Kier alpha value is -1.59. The standard InChI is InChI=1S/C20H31N3O3/c1-14-7-4-5-11-20(14)18(25)23(19(26)21-20)13-17(24)22-12-6-9-15-8-2-3-10-16(15)22/h14-16H,2-13H2,1H3,(H,21,26). The van der Waals surface area contributed by atoms with E-state index in [1.807, 2.05) is 11.8 Å². The molecule has 4 unspecified atom stereocenters. The van der Waals surface area contributed by atoms with E-state index in [4.69, 9.17) is 0 Å². The molecule has 1 N–H and O–H groups in total. The summed E-state index contributed by atoms with van der Waals surface area (Å²) >= 11 is 0. The van der Waals surface area contributed by atoms with Gasteiger partial charge in [-0.3, -0.25) is 14.5 Å². The third-order valence-corrected chi connectivity index (χ3v) is 7.36. The van der Waals surface area contributed by atoms with Crippen molar-refractivity contribution < 1.29 is 14.4 Å². The van der Waals surface area contributed by atoms with Gasteiger partial charge in [-0.05, 0) is 50.4 Å². The molecule has 4 fully saturated rings. The molecule has 1 spiro atoms. The normalized spacial score (nSPS) is 37.7. The number of imide groups is 1. The van der Waals surface area contributed by atoms with Crippen LogP contribution in [0.25, 0.3) is 0 Å². The van der Waals surface area contributed by atoms with Crippen molar-refractivity contribution in [2.45, 2.75) is 82.7 Å². The number of carbonyl (C=O) groups excluding carboxylic acids is 3. The highest BCUT2D eigenvalue weighted by atomic mass is 16.2. The van der Waals surface area contributed by atoms with E-state index in [1.54, 1.807) is 0 Å². The van der Waals surface area contributed by atoms with Crippen LogP contribution in [0.15, 0.2) is 0 Å². The van der Waals surface area contributed by atoms with Gasteiger partial charge in [-0.2, -0.15) is 0 Å². The minimum Gasteiger partial charge on any atom is -0.338 e. The van der Waals surface area contributed by atoms with Gasteiger partial charge in [0.05, 0.1) is 0 Å². The first kappa shape index (κ1) is 17.8. The molecule has 4 aliphatic rings. The fourth-order valence-corrected chi connectivity index (χ4v) is 5.80. The molecule has 6 heteroatoms. The Bertz CT molecular complexity index is 605. The van der Waals surface area contributed by atoms with Crippen molar-refractivity contribution in [3.05, 3.63) is 0 Å². The summed E-state index contributed by atoms with van der Waals surface area (Å²) in [5.41, 5.74) is -0.773. The number of hydrogen-bond acceptors (Lipinski definition) is 3. The minimum absolute atomic E-state index is 0.0504. The molecule has 4 amide bonds. The van der Waals surface area contributed by atoms with Crippen LogP contribution in [0.2, 0.25) is 0 Å². The number of urea groups is 1. The van der Waals surface area contributed by atoms with Crippen LogP contribution in [-0.4, -0.2) is 52.3 Å². The molecule has 144 valence electrons. The zero-order valence-corrected chi connectivity index (χ0v) is 15.8. The van der Waals surface area contributed by atoms with Crippen LogP contribution < -0.4 is 5.32 Å². The second kappa shape index (κ2) is 6.86. The van der Waals surface area contributed by atoms with E-state index >= 15 is 0 Å². The van der Waals surface area contributed by atoms with Gasteiger partial charge in [0.15, 0.2) is 0 Å². The highest BCUT2D eigenvalue weighted by molar-refractivity contribution is 6.09.